The molecule has 0 spiro atoms. The summed E-state index contributed by atoms with van der Waals surface area (Å²) in [6.45, 7) is 6.61. The smallest absolute Gasteiger partial charge is 0.422 e. The van der Waals surface area contributed by atoms with Crippen LogP contribution in [0, 0.1) is 13.8 Å². The summed E-state index contributed by atoms with van der Waals surface area (Å²) in [6.07, 6.45) is -3.53. The zero-order valence-corrected chi connectivity index (χ0v) is 19.7. The number of aromatic nitrogens is 1. The van der Waals surface area contributed by atoms with Gasteiger partial charge in [0, 0.05) is 24.4 Å². The standard InChI is InChI=1S/C19H25F3N4OS.HI/c1-4-23-18(24-10-9-17-26-13(2)14(3)28-17)25-11-15-5-7-16(8-6-15)27-12-19(20,21)22;/h5-8H,4,9-12H2,1-3H3,(H2,23,24,25);1H. The van der Waals surface area contributed by atoms with E-state index in [1.54, 1.807) is 23.5 Å². The molecule has 2 rings (SSSR count). The van der Waals surface area contributed by atoms with Crippen LogP contribution in [0.5, 0.6) is 5.75 Å². The second-order valence-electron chi connectivity index (χ2n) is 6.17. The molecule has 0 saturated heterocycles. The molecule has 0 aliphatic carbocycles. The third-order valence-corrected chi connectivity index (χ3v) is 4.93. The molecule has 1 aromatic heterocycles. The molecule has 0 unspecified atom stereocenters. The predicted molar refractivity (Wildman–Crippen MR) is 122 cm³/mol. The molecule has 0 bridgehead atoms. The maximum absolute atomic E-state index is 12.2. The largest absolute Gasteiger partial charge is 0.484 e. The molecule has 2 N–H and O–H groups in total. The molecule has 0 atom stereocenters. The minimum absolute atomic E-state index is 0. The maximum atomic E-state index is 12.2. The van der Waals surface area contributed by atoms with Crippen LogP contribution < -0.4 is 15.4 Å². The molecule has 1 aromatic carbocycles. The van der Waals surface area contributed by atoms with E-state index in [4.69, 9.17) is 4.74 Å². The maximum Gasteiger partial charge on any atom is 0.422 e. The van der Waals surface area contributed by atoms with Gasteiger partial charge in [-0.2, -0.15) is 13.2 Å². The van der Waals surface area contributed by atoms with E-state index in [-0.39, 0.29) is 29.7 Å². The number of aliphatic imine (C=N–C) groups is 1. The predicted octanol–water partition coefficient (Wildman–Crippen LogP) is 4.62. The van der Waals surface area contributed by atoms with Crippen LogP contribution in [0.1, 0.15) is 28.1 Å². The number of nitrogens with zero attached hydrogens (tertiary/aromatic N) is 2. The Labute approximate surface area is 190 Å². The van der Waals surface area contributed by atoms with E-state index >= 15 is 0 Å². The van der Waals surface area contributed by atoms with Crippen LogP contribution in [0.4, 0.5) is 13.2 Å². The summed E-state index contributed by atoms with van der Waals surface area (Å²) in [6, 6.07) is 6.45. The van der Waals surface area contributed by atoms with Crippen LogP contribution in [0.2, 0.25) is 0 Å². The van der Waals surface area contributed by atoms with Crippen molar-refractivity contribution in [2.75, 3.05) is 19.7 Å². The number of nitrogens with one attached hydrogen (secondary N) is 2. The van der Waals surface area contributed by atoms with Gasteiger partial charge in [-0.3, -0.25) is 0 Å². The quantitative estimate of drug-likeness (QED) is 0.291. The zero-order valence-electron chi connectivity index (χ0n) is 16.6. The molecule has 0 saturated carbocycles. The van der Waals surface area contributed by atoms with Crippen molar-refractivity contribution >= 4 is 41.3 Å². The Morgan fingerprint density at radius 1 is 1.17 bits per heavy atom. The second kappa shape index (κ2) is 12.2. The van der Waals surface area contributed by atoms with Crippen LogP contribution in [0.15, 0.2) is 29.3 Å². The van der Waals surface area contributed by atoms with E-state index in [1.807, 2.05) is 13.8 Å². The summed E-state index contributed by atoms with van der Waals surface area (Å²) in [4.78, 5) is 10.3. The number of halogens is 4. The third-order valence-electron chi connectivity index (χ3n) is 3.79. The number of aryl methyl sites for hydroxylation is 2. The van der Waals surface area contributed by atoms with Crippen molar-refractivity contribution in [1.82, 2.24) is 15.6 Å². The molecule has 0 aliphatic heterocycles. The van der Waals surface area contributed by atoms with Crippen LogP contribution in [0.25, 0.3) is 0 Å². The normalized spacial score (nSPS) is 11.7. The van der Waals surface area contributed by atoms with Gasteiger partial charge < -0.3 is 15.4 Å². The fraction of sp³-hybridized carbons (Fsp3) is 0.474. The molecule has 162 valence electrons. The van der Waals surface area contributed by atoms with Crippen LogP contribution in [-0.2, 0) is 13.0 Å². The summed E-state index contributed by atoms with van der Waals surface area (Å²) in [5.74, 6) is 0.869. The Balaban J connectivity index is 0.00000420. The molecule has 0 aliphatic rings. The monoisotopic (exact) mass is 542 g/mol. The first kappa shape index (κ1) is 25.5. The lowest BCUT2D eigenvalue weighted by Gasteiger charge is -2.11. The highest BCUT2D eigenvalue weighted by Gasteiger charge is 2.28. The van der Waals surface area contributed by atoms with Gasteiger partial charge in [0.1, 0.15) is 5.75 Å². The van der Waals surface area contributed by atoms with Gasteiger partial charge in [0.25, 0.3) is 0 Å². The number of benzene rings is 1. The highest BCUT2D eigenvalue weighted by molar-refractivity contribution is 14.0. The van der Waals surface area contributed by atoms with E-state index in [2.05, 4.69) is 27.5 Å². The Hall–Kier alpha value is -1.56. The van der Waals surface area contributed by atoms with Gasteiger partial charge in [-0.05, 0) is 38.5 Å². The highest BCUT2D eigenvalue weighted by atomic mass is 127. The van der Waals surface area contributed by atoms with Crippen LogP contribution >= 0.6 is 35.3 Å². The van der Waals surface area contributed by atoms with Gasteiger partial charge in [-0.1, -0.05) is 12.1 Å². The highest BCUT2D eigenvalue weighted by Crippen LogP contribution is 2.19. The lowest BCUT2D eigenvalue weighted by atomic mass is 10.2. The molecule has 0 fully saturated rings. The van der Waals surface area contributed by atoms with E-state index in [1.165, 1.54) is 17.0 Å². The number of thiazole rings is 1. The first-order valence-corrected chi connectivity index (χ1v) is 9.82. The van der Waals surface area contributed by atoms with Crippen molar-refractivity contribution in [1.29, 1.82) is 0 Å². The average Bonchev–Trinajstić information content (AvgIpc) is 2.96. The van der Waals surface area contributed by atoms with E-state index < -0.39 is 12.8 Å². The van der Waals surface area contributed by atoms with Gasteiger partial charge in [-0.25, -0.2) is 9.98 Å². The Bertz CT molecular complexity index is 759. The number of ether oxygens (including phenoxy) is 1. The number of rotatable bonds is 8. The molecule has 5 nitrogen and oxygen atoms in total. The van der Waals surface area contributed by atoms with E-state index in [0.29, 0.717) is 19.0 Å². The Kier molecular flexibility index (Phi) is 10.7. The average molecular weight is 542 g/mol. The van der Waals surface area contributed by atoms with Gasteiger partial charge in [0.15, 0.2) is 12.6 Å². The number of hydrogen-bond donors (Lipinski definition) is 2. The molecule has 2 aromatic rings. The van der Waals surface area contributed by atoms with Crippen molar-refractivity contribution in [3.63, 3.8) is 0 Å². The molecular formula is C19H26F3IN4OS. The first-order valence-electron chi connectivity index (χ1n) is 9.00. The van der Waals surface area contributed by atoms with Gasteiger partial charge in [0.2, 0.25) is 0 Å². The van der Waals surface area contributed by atoms with Gasteiger partial charge >= 0.3 is 6.18 Å². The third kappa shape index (κ3) is 9.66. The molecule has 0 radical (unpaired) electrons. The summed E-state index contributed by atoms with van der Waals surface area (Å²) >= 11 is 1.70. The fourth-order valence-corrected chi connectivity index (χ4v) is 3.24. The van der Waals surface area contributed by atoms with Crippen LogP contribution in [-0.4, -0.2) is 36.8 Å². The summed E-state index contributed by atoms with van der Waals surface area (Å²) in [7, 11) is 0. The fourth-order valence-electron chi connectivity index (χ4n) is 2.30. The van der Waals surface area contributed by atoms with Crippen molar-refractivity contribution in [2.45, 2.75) is 39.9 Å². The lowest BCUT2D eigenvalue weighted by molar-refractivity contribution is -0.153. The molecule has 29 heavy (non-hydrogen) atoms. The number of alkyl halides is 3. The molecular weight excluding hydrogens is 516 g/mol. The Morgan fingerprint density at radius 2 is 1.86 bits per heavy atom. The lowest BCUT2D eigenvalue weighted by Crippen LogP contribution is -2.38. The SMILES string of the molecule is CCNC(=NCc1ccc(OCC(F)(F)F)cc1)NCCc1nc(C)c(C)s1.I. The number of guanidine groups is 1. The van der Waals surface area contributed by atoms with Crippen molar-refractivity contribution in [3.8, 4) is 5.75 Å². The number of hydrogen-bond acceptors (Lipinski definition) is 4. The summed E-state index contributed by atoms with van der Waals surface area (Å²) in [5.41, 5.74) is 1.95. The first-order chi connectivity index (χ1) is 13.3. The Morgan fingerprint density at radius 3 is 2.41 bits per heavy atom. The minimum atomic E-state index is -4.34. The minimum Gasteiger partial charge on any atom is -0.484 e. The van der Waals surface area contributed by atoms with Gasteiger partial charge in [-0.15, -0.1) is 35.3 Å². The van der Waals surface area contributed by atoms with E-state index in [0.717, 1.165) is 29.2 Å². The summed E-state index contributed by atoms with van der Waals surface area (Å²) in [5, 5.41) is 7.54. The van der Waals surface area contributed by atoms with Crippen molar-refractivity contribution in [2.24, 2.45) is 4.99 Å². The topological polar surface area (TPSA) is 58.5 Å². The molecule has 1 heterocycles. The van der Waals surface area contributed by atoms with E-state index in [9.17, 15) is 13.2 Å². The van der Waals surface area contributed by atoms with Crippen molar-refractivity contribution < 1.29 is 17.9 Å². The van der Waals surface area contributed by atoms with Crippen molar-refractivity contribution in [3.05, 3.63) is 45.4 Å². The van der Waals surface area contributed by atoms with Crippen LogP contribution in [0.3, 0.4) is 0 Å². The second-order valence-corrected chi connectivity index (χ2v) is 7.46. The molecule has 0 amide bonds. The summed E-state index contributed by atoms with van der Waals surface area (Å²) < 4.78 is 41.2. The zero-order chi connectivity index (χ0) is 20.6. The molecule has 10 heteroatoms. The van der Waals surface area contributed by atoms with Gasteiger partial charge in [0.05, 0.1) is 17.2 Å².